The Balaban J connectivity index is 1.76. The number of hydrogen-bond acceptors (Lipinski definition) is 4. The fourth-order valence-electron chi connectivity index (χ4n) is 2.48. The summed E-state index contributed by atoms with van der Waals surface area (Å²) in [6, 6.07) is 11.4. The van der Waals surface area contributed by atoms with E-state index in [1.165, 1.54) is 12.1 Å². The maximum atomic E-state index is 13.5. The van der Waals surface area contributed by atoms with Crippen LogP contribution in [0.2, 0.25) is 0 Å². The smallest absolute Gasteiger partial charge is 0.224 e. The van der Waals surface area contributed by atoms with Crippen molar-refractivity contribution in [3.05, 3.63) is 53.8 Å². The van der Waals surface area contributed by atoms with Gasteiger partial charge in [-0.15, -0.1) is 0 Å². The molecule has 6 nitrogen and oxygen atoms in total. The highest BCUT2D eigenvalue weighted by molar-refractivity contribution is 5.91. The average Bonchev–Trinajstić information content (AvgIpc) is 3.08. The largest absolute Gasteiger partial charge is 0.505 e. The van der Waals surface area contributed by atoms with E-state index in [1.54, 1.807) is 19.1 Å². The highest BCUT2D eigenvalue weighted by Gasteiger charge is 2.09. The Labute approximate surface area is 150 Å². The van der Waals surface area contributed by atoms with E-state index in [0.717, 1.165) is 16.9 Å². The molecule has 0 saturated carbocycles. The SMILES string of the molecule is CCC(=O)Nc1ccc(Nc2cc(-c3ccc(O)c(F)c3)[nH]n2)c(C)c1. The first-order valence-corrected chi connectivity index (χ1v) is 8.18. The number of aromatic hydroxyl groups is 1. The van der Waals surface area contributed by atoms with E-state index in [0.29, 0.717) is 23.5 Å². The third-order valence-electron chi connectivity index (χ3n) is 3.93. The second-order valence-electron chi connectivity index (χ2n) is 5.89. The molecule has 2 aromatic carbocycles. The Morgan fingerprint density at radius 2 is 2.04 bits per heavy atom. The third-order valence-corrected chi connectivity index (χ3v) is 3.93. The number of rotatable bonds is 5. The molecule has 0 atom stereocenters. The molecule has 0 aliphatic carbocycles. The average molecular weight is 354 g/mol. The molecule has 0 unspecified atom stereocenters. The molecule has 1 heterocycles. The van der Waals surface area contributed by atoms with E-state index in [4.69, 9.17) is 0 Å². The Hall–Kier alpha value is -3.35. The minimum absolute atomic E-state index is 0.0387. The van der Waals surface area contributed by atoms with E-state index < -0.39 is 11.6 Å². The summed E-state index contributed by atoms with van der Waals surface area (Å²) < 4.78 is 13.5. The first-order chi connectivity index (χ1) is 12.5. The van der Waals surface area contributed by atoms with Gasteiger partial charge in [0.15, 0.2) is 17.4 Å². The maximum absolute atomic E-state index is 13.5. The molecule has 0 fully saturated rings. The van der Waals surface area contributed by atoms with Gasteiger partial charge in [-0.25, -0.2) is 4.39 Å². The number of amides is 1. The standard InChI is InChI=1S/C19H19FN4O2/c1-3-19(26)21-13-5-6-15(11(2)8-13)22-18-10-16(23-24-18)12-4-7-17(25)14(20)9-12/h4-10,25H,3H2,1-2H3,(H,21,26)(H2,22,23,24). The van der Waals surface area contributed by atoms with Crippen LogP contribution in [0.3, 0.4) is 0 Å². The van der Waals surface area contributed by atoms with Crippen LogP contribution in [-0.4, -0.2) is 21.2 Å². The maximum Gasteiger partial charge on any atom is 0.224 e. The van der Waals surface area contributed by atoms with Crippen molar-refractivity contribution >= 4 is 23.1 Å². The lowest BCUT2D eigenvalue weighted by atomic mass is 10.1. The van der Waals surface area contributed by atoms with Crippen molar-refractivity contribution in [2.45, 2.75) is 20.3 Å². The Bertz CT molecular complexity index is 952. The van der Waals surface area contributed by atoms with Gasteiger partial charge in [0.1, 0.15) is 0 Å². The molecule has 0 spiro atoms. The number of nitrogens with zero attached hydrogens (tertiary/aromatic N) is 1. The summed E-state index contributed by atoms with van der Waals surface area (Å²) in [7, 11) is 0. The van der Waals surface area contributed by atoms with Crippen LogP contribution >= 0.6 is 0 Å². The topological polar surface area (TPSA) is 90.0 Å². The molecule has 0 bridgehead atoms. The highest BCUT2D eigenvalue weighted by Crippen LogP contribution is 2.27. The number of anilines is 3. The van der Waals surface area contributed by atoms with Gasteiger partial charge >= 0.3 is 0 Å². The van der Waals surface area contributed by atoms with Crippen molar-refractivity contribution in [3.63, 3.8) is 0 Å². The van der Waals surface area contributed by atoms with Crippen LogP contribution in [0, 0.1) is 12.7 Å². The number of aryl methyl sites for hydroxylation is 1. The number of halogens is 1. The molecular weight excluding hydrogens is 335 g/mol. The Morgan fingerprint density at radius 1 is 1.23 bits per heavy atom. The molecular formula is C19H19FN4O2. The van der Waals surface area contributed by atoms with E-state index in [1.807, 2.05) is 25.1 Å². The number of hydrogen-bond donors (Lipinski definition) is 4. The highest BCUT2D eigenvalue weighted by atomic mass is 19.1. The zero-order valence-corrected chi connectivity index (χ0v) is 14.4. The zero-order chi connectivity index (χ0) is 18.7. The van der Waals surface area contributed by atoms with Gasteiger partial charge in [-0.2, -0.15) is 5.10 Å². The van der Waals surface area contributed by atoms with Crippen LogP contribution in [0.15, 0.2) is 42.5 Å². The molecule has 3 rings (SSSR count). The molecule has 1 amide bonds. The van der Waals surface area contributed by atoms with Crippen molar-refractivity contribution < 1.29 is 14.3 Å². The van der Waals surface area contributed by atoms with E-state index in [9.17, 15) is 14.3 Å². The zero-order valence-electron chi connectivity index (χ0n) is 14.4. The van der Waals surface area contributed by atoms with Gasteiger partial charge < -0.3 is 15.7 Å². The molecule has 4 N–H and O–H groups in total. The second kappa shape index (κ2) is 7.26. The first-order valence-electron chi connectivity index (χ1n) is 8.18. The number of nitrogens with one attached hydrogen (secondary N) is 3. The van der Waals surface area contributed by atoms with Crippen LogP contribution in [0.4, 0.5) is 21.6 Å². The minimum Gasteiger partial charge on any atom is -0.505 e. The Morgan fingerprint density at radius 3 is 2.73 bits per heavy atom. The Kier molecular flexibility index (Phi) is 4.88. The predicted octanol–water partition coefficient (Wildman–Crippen LogP) is 4.32. The lowest BCUT2D eigenvalue weighted by Crippen LogP contribution is -2.09. The van der Waals surface area contributed by atoms with Gasteiger partial charge in [0.25, 0.3) is 0 Å². The molecule has 3 aromatic rings. The van der Waals surface area contributed by atoms with Gasteiger partial charge in [-0.05, 0) is 48.9 Å². The van der Waals surface area contributed by atoms with Crippen molar-refractivity contribution in [3.8, 4) is 17.0 Å². The third kappa shape index (κ3) is 3.83. The molecule has 0 saturated heterocycles. The fourth-order valence-corrected chi connectivity index (χ4v) is 2.48. The summed E-state index contributed by atoms with van der Waals surface area (Å²) >= 11 is 0. The molecule has 7 heteroatoms. The summed E-state index contributed by atoms with van der Waals surface area (Å²) in [5, 5.41) is 22.3. The van der Waals surface area contributed by atoms with Crippen molar-refractivity contribution in [2.24, 2.45) is 0 Å². The van der Waals surface area contributed by atoms with Crippen molar-refractivity contribution in [1.29, 1.82) is 0 Å². The van der Waals surface area contributed by atoms with Gasteiger partial charge in [-0.3, -0.25) is 9.89 Å². The summed E-state index contributed by atoms with van der Waals surface area (Å²) in [4.78, 5) is 11.5. The quantitative estimate of drug-likeness (QED) is 0.549. The number of H-pyrrole nitrogens is 1. The lowest BCUT2D eigenvalue weighted by Gasteiger charge is -2.10. The second-order valence-corrected chi connectivity index (χ2v) is 5.89. The van der Waals surface area contributed by atoms with Crippen LogP contribution in [0.5, 0.6) is 5.75 Å². The number of carbonyl (C=O) groups is 1. The lowest BCUT2D eigenvalue weighted by molar-refractivity contribution is -0.115. The van der Waals surface area contributed by atoms with Crippen molar-refractivity contribution in [1.82, 2.24) is 10.2 Å². The van der Waals surface area contributed by atoms with Crippen LogP contribution < -0.4 is 10.6 Å². The number of carbonyl (C=O) groups excluding carboxylic acids is 1. The molecule has 134 valence electrons. The number of phenols is 1. The van der Waals surface area contributed by atoms with E-state index in [-0.39, 0.29) is 5.91 Å². The van der Waals surface area contributed by atoms with Crippen LogP contribution in [0.25, 0.3) is 11.3 Å². The molecule has 0 aliphatic heterocycles. The molecule has 26 heavy (non-hydrogen) atoms. The van der Waals surface area contributed by atoms with Gasteiger partial charge in [0.2, 0.25) is 5.91 Å². The van der Waals surface area contributed by atoms with Gasteiger partial charge in [-0.1, -0.05) is 6.92 Å². The molecule has 1 aromatic heterocycles. The van der Waals surface area contributed by atoms with E-state index >= 15 is 0 Å². The number of aromatic amines is 1. The summed E-state index contributed by atoms with van der Waals surface area (Å²) in [6.45, 7) is 3.72. The van der Waals surface area contributed by atoms with Crippen molar-refractivity contribution in [2.75, 3.05) is 10.6 Å². The summed E-state index contributed by atoms with van der Waals surface area (Å²) in [6.07, 6.45) is 0.424. The fraction of sp³-hybridized carbons (Fsp3) is 0.158. The van der Waals surface area contributed by atoms with E-state index in [2.05, 4.69) is 20.8 Å². The normalized spacial score (nSPS) is 10.6. The minimum atomic E-state index is -0.688. The summed E-state index contributed by atoms with van der Waals surface area (Å²) in [5.41, 5.74) is 3.72. The number of aromatic nitrogens is 2. The first kappa shape index (κ1) is 17.5. The molecule has 0 aliphatic rings. The molecule has 0 radical (unpaired) electrons. The predicted molar refractivity (Wildman–Crippen MR) is 99.0 cm³/mol. The number of benzene rings is 2. The monoisotopic (exact) mass is 354 g/mol. The van der Waals surface area contributed by atoms with Crippen LogP contribution in [-0.2, 0) is 4.79 Å². The van der Waals surface area contributed by atoms with Crippen LogP contribution in [0.1, 0.15) is 18.9 Å². The summed E-state index contributed by atoms with van der Waals surface area (Å²) in [5.74, 6) is -0.547. The number of phenolic OH excluding ortho intramolecular Hbond substituents is 1. The van der Waals surface area contributed by atoms with Gasteiger partial charge in [0, 0.05) is 29.4 Å². The van der Waals surface area contributed by atoms with Gasteiger partial charge in [0.05, 0.1) is 5.69 Å².